The molecule has 3 rings (SSSR count). The van der Waals surface area contributed by atoms with E-state index in [1.54, 1.807) is 24.3 Å². The first-order valence-corrected chi connectivity index (χ1v) is 8.76. The van der Waals surface area contributed by atoms with E-state index in [-0.39, 0.29) is 0 Å². The lowest BCUT2D eigenvalue weighted by atomic mass is 9.90. The third-order valence-electron chi connectivity index (χ3n) is 4.54. The quantitative estimate of drug-likeness (QED) is 0.489. The number of hydrogen-bond acceptors (Lipinski definition) is 2. The van der Waals surface area contributed by atoms with Crippen LogP contribution in [0.25, 0.3) is 11.1 Å². The molecule has 0 fully saturated rings. The van der Waals surface area contributed by atoms with Crippen LogP contribution >= 0.6 is 0 Å². The number of ether oxygens (including phenoxy) is 1. The van der Waals surface area contributed by atoms with Crippen LogP contribution in [0, 0.1) is 0 Å². The molecule has 0 saturated heterocycles. The molecule has 0 aliphatic heterocycles. The zero-order valence-electron chi connectivity index (χ0n) is 15.3. The van der Waals surface area contributed by atoms with Gasteiger partial charge in [-0.1, -0.05) is 66.7 Å². The van der Waals surface area contributed by atoms with Gasteiger partial charge in [0.15, 0.2) is 0 Å². The van der Waals surface area contributed by atoms with Crippen molar-refractivity contribution in [2.45, 2.75) is 24.6 Å². The summed E-state index contributed by atoms with van der Waals surface area (Å²) >= 11 is 0. The fraction of sp³-hybridized carbons (Fsp3) is 0.182. The van der Waals surface area contributed by atoms with E-state index in [4.69, 9.17) is 4.74 Å². The van der Waals surface area contributed by atoms with Crippen molar-refractivity contribution in [2.24, 2.45) is 0 Å². The van der Waals surface area contributed by atoms with E-state index < -0.39 is 23.5 Å². The lowest BCUT2D eigenvalue weighted by molar-refractivity contribution is -0.376. The van der Waals surface area contributed by atoms with Crippen LogP contribution in [-0.4, -0.2) is 17.5 Å². The van der Waals surface area contributed by atoms with Crippen LogP contribution in [-0.2, 0) is 12.2 Å². The highest BCUT2D eigenvalue weighted by Gasteiger charge is 2.71. The Hall–Kier alpha value is -3.00. The van der Waals surface area contributed by atoms with E-state index in [1.165, 1.54) is 0 Å². The Balaban J connectivity index is 1.84. The molecule has 0 heterocycles. The number of benzene rings is 3. The predicted octanol–water partition coefficient (Wildman–Crippen LogP) is 6.24. The van der Waals surface area contributed by atoms with Crippen LogP contribution in [0.4, 0.5) is 26.3 Å². The summed E-state index contributed by atoms with van der Waals surface area (Å²) in [4.78, 5) is 0. The molecule has 0 radical (unpaired) electrons. The molecule has 0 saturated carbocycles. The van der Waals surface area contributed by atoms with Gasteiger partial charge in [0.1, 0.15) is 12.4 Å². The number of aliphatic hydroxyl groups is 1. The van der Waals surface area contributed by atoms with E-state index in [9.17, 15) is 31.4 Å². The maximum atomic E-state index is 13.0. The summed E-state index contributed by atoms with van der Waals surface area (Å²) in [6, 6.07) is 19.4. The second-order valence-electron chi connectivity index (χ2n) is 6.59. The van der Waals surface area contributed by atoms with Crippen LogP contribution in [0.2, 0.25) is 0 Å². The second kappa shape index (κ2) is 8.02. The Labute approximate surface area is 168 Å². The Morgan fingerprint density at radius 1 is 0.667 bits per heavy atom. The Morgan fingerprint density at radius 2 is 1.27 bits per heavy atom. The first kappa shape index (κ1) is 21.7. The van der Waals surface area contributed by atoms with Gasteiger partial charge in [0.05, 0.1) is 0 Å². The first-order valence-electron chi connectivity index (χ1n) is 8.76. The molecular formula is C22H16F6O2. The summed E-state index contributed by atoms with van der Waals surface area (Å²) in [5, 5.41) is 9.47. The minimum absolute atomic E-state index is 0.299. The van der Waals surface area contributed by atoms with Crippen LogP contribution < -0.4 is 4.74 Å². The molecule has 0 spiro atoms. The summed E-state index contributed by atoms with van der Waals surface area (Å²) in [6.45, 7) is 0.299. The van der Waals surface area contributed by atoms with E-state index in [0.29, 0.717) is 35.6 Å². The molecule has 2 nitrogen and oxygen atoms in total. The van der Waals surface area contributed by atoms with Crippen LogP contribution in [0.15, 0.2) is 78.9 Å². The lowest BCUT2D eigenvalue weighted by Crippen LogP contribution is -2.53. The van der Waals surface area contributed by atoms with Crippen LogP contribution in [0.1, 0.15) is 11.1 Å². The maximum absolute atomic E-state index is 13.0. The molecule has 0 bridgehead atoms. The molecule has 0 atom stereocenters. The van der Waals surface area contributed by atoms with Crippen LogP contribution in [0.3, 0.4) is 0 Å². The third kappa shape index (κ3) is 4.28. The molecule has 30 heavy (non-hydrogen) atoms. The maximum Gasteiger partial charge on any atom is 0.430 e. The average molecular weight is 426 g/mol. The molecule has 0 aliphatic carbocycles. The smallest absolute Gasteiger partial charge is 0.430 e. The monoisotopic (exact) mass is 426 g/mol. The van der Waals surface area contributed by atoms with Crippen molar-refractivity contribution in [2.75, 3.05) is 0 Å². The summed E-state index contributed by atoms with van der Waals surface area (Å²) in [5.41, 5.74) is -4.40. The molecule has 0 unspecified atom stereocenters. The highest BCUT2D eigenvalue weighted by molar-refractivity contribution is 5.65. The van der Waals surface area contributed by atoms with E-state index >= 15 is 0 Å². The average Bonchev–Trinajstić information content (AvgIpc) is 2.71. The molecule has 0 aliphatic rings. The molecular weight excluding hydrogens is 410 g/mol. The van der Waals surface area contributed by atoms with Gasteiger partial charge in [-0.3, -0.25) is 0 Å². The molecule has 8 heteroatoms. The molecule has 1 N–H and O–H groups in total. The zero-order chi connectivity index (χ0) is 22.0. The van der Waals surface area contributed by atoms with Crippen molar-refractivity contribution in [1.29, 1.82) is 0 Å². The van der Waals surface area contributed by atoms with Crippen molar-refractivity contribution < 1.29 is 36.2 Å². The SMILES string of the molecule is OC(c1ccc(-c2cccc(OCc3ccccc3)c2)cc1)(C(F)(F)F)C(F)(F)F. The summed E-state index contributed by atoms with van der Waals surface area (Å²) in [6.07, 6.45) is -11.8. The van der Waals surface area contributed by atoms with Gasteiger partial charge in [0.25, 0.3) is 5.60 Å². The van der Waals surface area contributed by atoms with Crippen LogP contribution in [0.5, 0.6) is 5.75 Å². The fourth-order valence-electron chi connectivity index (χ4n) is 2.90. The third-order valence-corrected chi connectivity index (χ3v) is 4.54. The summed E-state index contributed by atoms with van der Waals surface area (Å²) < 4.78 is 83.7. The van der Waals surface area contributed by atoms with Gasteiger partial charge in [-0.25, -0.2) is 0 Å². The van der Waals surface area contributed by atoms with Gasteiger partial charge >= 0.3 is 12.4 Å². The molecule has 3 aromatic carbocycles. The highest BCUT2D eigenvalue weighted by Crippen LogP contribution is 2.50. The van der Waals surface area contributed by atoms with Crippen molar-refractivity contribution in [3.05, 3.63) is 90.0 Å². The molecule has 0 aromatic heterocycles. The van der Waals surface area contributed by atoms with E-state index in [1.807, 2.05) is 30.3 Å². The van der Waals surface area contributed by atoms with Gasteiger partial charge in [0, 0.05) is 5.56 Å². The largest absolute Gasteiger partial charge is 0.489 e. The fourth-order valence-corrected chi connectivity index (χ4v) is 2.90. The topological polar surface area (TPSA) is 29.5 Å². The number of halogens is 6. The Kier molecular flexibility index (Phi) is 5.81. The highest BCUT2D eigenvalue weighted by atomic mass is 19.4. The standard InChI is InChI=1S/C22H16F6O2/c23-21(24,25)20(29,22(26,27)28)18-11-9-16(10-12-18)17-7-4-8-19(13-17)30-14-15-5-2-1-3-6-15/h1-13,29H,14H2. The predicted molar refractivity (Wildman–Crippen MR) is 98.7 cm³/mol. The van der Waals surface area contributed by atoms with Gasteiger partial charge < -0.3 is 9.84 Å². The summed E-state index contributed by atoms with van der Waals surface area (Å²) in [7, 11) is 0. The van der Waals surface area contributed by atoms with Crippen molar-refractivity contribution in [3.8, 4) is 16.9 Å². The molecule has 3 aromatic rings. The molecule has 0 amide bonds. The Bertz CT molecular complexity index is 965. The van der Waals surface area contributed by atoms with Crippen molar-refractivity contribution >= 4 is 0 Å². The van der Waals surface area contributed by atoms with E-state index in [2.05, 4.69) is 0 Å². The number of rotatable bonds is 5. The van der Waals surface area contributed by atoms with Gasteiger partial charge in [-0.05, 0) is 28.8 Å². The van der Waals surface area contributed by atoms with Gasteiger partial charge in [0.2, 0.25) is 0 Å². The Morgan fingerprint density at radius 3 is 1.83 bits per heavy atom. The van der Waals surface area contributed by atoms with E-state index in [0.717, 1.165) is 17.7 Å². The zero-order valence-corrected chi connectivity index (χ0v) is 15.3. The lowest BCUT2D eigenvalue weighted by Gasteiger charge is -2.32. The molecule has 158 valence electrons. The van der Waals surface area contributed by atoms with Crippen molar-refractivity contribution in [1.82, 2.24) is 0 Å². The van der Waals surface area contributed by atoms with Crippen molar-refractivity contribution in [3.63, 3.8) is 0 Å². The minimum atomic E-state index is -5.92. The summed E-state index contributed by atoms with van der Waals surface area (Å²) in [5.74, 6) is 0.488. The number of hydrogen-bond donors (Lipinski definition) is 1. The second-order valence-corrected chi connectivity index (χ2v) is 6.59. The van der Waals surface area contributed by atoms with Gasteiger partial charge in [-0.15, -0.1) is 0 Å². The number of alkyl halides is 6. The minimum Gasteiger partial charge on any atom is -0.489 e. The van der Waals surface area contributed by atoms with Gasteiger partial charge in [-0.2, -0.15) is 26.3 Å². The first-order chi connectivity index (χ1) is 14.0. The normalized spacial score (nSPS) is 12.6.